The SMILES string of the molecule is CCC(C)C[Si](C)(C)C.CCC(C)C[Si](O[Si](C)(C)C)(O[Si](C)(C)C)O[Si](C)(C)C.CCC(C)c1ccc(OC(C)OCCC[Si](O[Si](C)(C)C)(O[Si](C)(C)C)O[Si](C)(C)C)cc1.CCC(C)c1ccc(OC(C)OC[Si](C)(C)C)cc1. The molecule has 2 aromatic carbocycles. The third-order valence-corrected chi connectivity index (χ3v) is 39.5. The van der Waals surface area contributed by atoms with Crippen LogP contribution in [0.1, 0.15) is 124 Å². The molecule has 20 heteroatoms. The number of benzene rings is 2. The summed E-state index contributed by atoms with van der Waals surface area (Å²) in [5.41, 5.74) is 2.71. The average molecular weight is 1320 g/mol. The van der Waals surface area contributed by atoms with Crippen molar-refractivity contribution in [1.82, 2.24) is 0 Å². The molecule has 2 rings (SSSR count). The van der Waals surface area contributed by atoms with Crippen LogP contribution in [0, 0.1) is 11.8 Å². The highest BCUT2D eigenvalue weighted by molar-refractivity contribution is 6.91. The highest BCUT2D eigenvalue weighted by Crippen LogP contribution is 2.34. The molecule has 0 aromatic heterocycles. The molecule has 0 saturated heterocycles. The minimum Gasteiger partial charge on any atom is -0.465 e. The normalized spacial score (nSPS) is 15.5. The van der Waals surface area contributed by atoms with E-state index >= 15 is 0 Å². The Morgan fingerprint density at radius 2 is 0.634 bits per heavy atom. The number of ether oxygens (including phenoxy) is 4. The molecule has 0 saturated carbocycles. The van der Waals surface area contributed by atoms with Gasteiger partial charge in [0.15, 0.2) is 62.5 Å². The molecule has 484 valence electrons. The zero-order chi connectivity index (χ0) is 64.6. The first kappa shape index (κ1) is 84.0. The summed E-state index contributed by atoms with van der Waals surface area (Å²) in [6.45, 7) is 76.9. The van der Waals surface area contributed by atoms with Gasteiger partial charge in [-0.1, -0.05) is 138 Å². The monoisotopic (exact) mass is 1320 g/mol. The van der Waals surface area contributed by atoms with Crippen LogP contribution in [0.25, 0.3) is 0 Å². The molecule has 0 aliphatic heterocycles. The summed E-state index contributed by atoms with van der Waals surface area (Å²) in [4.78, 5) is 0. The molecule has 0 spiro atoms. The average Bonchev–Trinajstić information content (AvgIpc) is 3.26. The molecule has 0 radical (unpaired) electrons. The molecule has 6 atom stereocenters. The van der Waals surface area contributed by atoms with Gasteiger partial charge in [-0.2, -0.15) is 0 Å². The van der Waals surface area contributed by atoms with Crippen molar-refractivity contribution in [1.29, 1.82) is 0 Å². The Balaban J connectivity index is 0. The van der Waals surface area contributed by atoms with Gasteiger partial charge < -0.3 is 43.6 Å². The van der Waals surface area contributed by atoms with Crippen LogP contribution >= 0.6 is 0 Å². The zero-order valence-corrected chi connectivity index (χ0v) is 70.2. The molecule has 0 aliphatic carbocycles. The lowest BCUT2D eigenvalue weighted by Crippen LogP contribution is -2.61. The van der Waals surface area contributed by atoms with E-state index in [-0.39, 0.29) is 12.6 Å². The van der Waals surface area contributed by atoms with Gasteiger partial charge in [0.05, 0.1) is 14.7 Å². The van der Waals surface area contributed by atoms with E-state index in [1.165, 1.54) is 23.6 Å². The van der Waals surface area contributed by atoms with Gasteiger partial charge in [0.1, 0.15) is 11.5 Å². The summed E-state index contributed by atoms with van der Waals surface area (Å²) < 4.78 is 63.7. The third-order valence-electron chi connectivity index (χ3n) is 12.2. The van der Waals surface area contributed by atoms with E-state index < -0.39 is 83.7 Å². The zero-order valence-electron chi connectivity index (χ0n) is 60.2. The second kappa shape index (κ2) is 37.1. The first-order valence-corrected chi connectivity index (χ1v) is 63.5. The molecule has 6 unspecified atom stereocenters. The number of hydrogen-bond donors (Lipinski definition) is 0. The smallest absolute Gasteiger partial charge is 0.465 e. The van der Waals surface area contributed by atoms with E-state index in [1.54, 1.807) is 0 Å². The molecule has 0 bridgehead atoms. The second-order valence-corrected chi connectivity index (χ2v) is 76.4. The highest BCUT2D eigenvalue weighted by Gasteiger charge is 2.51. The molecule has 0 N–H and O–H groups in total. The molecule has 82 heavy (non-hydrogen) atoms. The van der Waals surface area contributed by atoms with Gasteiger partial charge >= 0.3 is 17.6 Å². The van der Waals surface area contributed by atoms with Crippen LogP contribution in [0.2, 0.25) is 175 Å². The van der Waals surface area contributed by atoms with Crippen molar-refractivity contribution in [3.63, 3.8) is 0 Å². The topological polar surface area (TPSA) is 92.3 Å². The van der Waals surface area contributed by atoms with Crippen molar-refractivity contribution in [3.05, 3.63) is 59.7 Å². The summed E-state index contributed by atoms with van der Waals surface area (Å²) in [6.07, 6.45) is 5.96. The van der Waals surface area contributed by atoms with Crippen LogP contribution in [-0.4, -0.2) is 109 Å². The molecule has 10 nitrogen and oxygen atoms in total. The van der Waals surface area contributed by atoms with Crippen molar-refractivity contribution in [2.45, 2.75) is 301 Å². The number of hydrogen-bond acceptors (Lipinski definition) is 10. The van der Waals surface area contributed by atoms with E-state index in [1.807, 2.05) is 38.1 Å². The van der Waals surface area contributed by atoms with Gasteiger partial charge in [-0.25, -0.2) is 0 Å². The van der Waals surface area contributed by atoms with Crippen LogP contribution in [0.5, 0.6) is 11.5 Å². The lowest BCUT2D eigenvalue weighted by Gasteiger charge is -2.43. The Kier molecular flexibility index (Phi) is 38.0. The standard InChI is InChI=1S/C24H50O5Si4.C16H28O2Si.C14H38O3Si4.C8H20Si/c1-13-21(2)23-15-17-24(18-16-23)26-22(3)25-19-14-20-33(27-30(4,5)6,28-31(7,8)9)29-32(10,11)12;1-7-13(2)15-8-10-16(11-9-15)18-14(3)17-12-19(4,5)6;1-12-14(2)13-21(15-18(3,4)5,16-19(6,7)8)17-20(9,10)11;1-6-8(2)7-9(3,4)5/h15-18,21-22H,13-14,19-20H2,1-12H3;8-11,13-14H,7,12H2,1-6H3;14H,12-13H2,1-11H3;8H,6-7H2,1-5H3. The van der Waals surface area contributed by atoms with Crippen molar-refractivity contribution in [3.8, 4) is 11.5 Å². The quantitative estimate of drug-likeness (QED) is 0.0383. The summed E-state index contributed by atoms with van der Waals surface area (Å²) >= 11 is 0. The Labute approximate surface area is 520 Å². The summed E-state index contributed by atoms with van der Waals surface area (Å²) in [7, 11) is -18.0. The fourth-order valence-electron chi connectivity index (χ4n) is 8.54. The first-order chi connectivity index (χ1) is 36.8. The fourth-order valence-corrected chi connectivity index (χ4v) is 41.2. The predicted octanol–water partition coefficient (Wildman–Crippen LogP) is 21.5. The van der Waals surface area contributed by atoms with Gasteiger partial charge in [0.25, 0.3) is 0 Å². The molecule has 0 heterocycles. The van der Waals surface area contributed by atoms with Crippen molar-refractivity contribution in [2.75, 3.05) is 12.8 Å². The minimum absolute atomic E-state index is 0.179. The van der Waals surface area contributed by atoms with Crippen LogP contribution in [0.15, 0.2) is 48.5 Å². The summed E-state index contributed by atoms with van der Waals surface area (Å²) in [5, 5.41) is 0. The minimum atomic E-state index is -2.80. The second-order valence-electron chi connectivity index (χ2n) is 31.6. The Bertz CT molecular complexity index is 1880. The van der Waals surface area contributed by atoms with Gasteiger partial charge in [0, 0.05) is 26.4 Å². The van der Waals surface area contributed by atoms with Crippen molar-refractivity contribution < 1.29 is 43.6 Å². The Hall–Kier alpha value is -0.111. The van der Waals surface area contributed by atoms with Crippen LogP contribution in [0.3, 0.4) is 0 Å². The molecule has 2 aromatic rings. The molecule has 0 aliphatic rings. The highest BCUT2D eigenvalue weighted by atomic mass is 28.5. The fraction of sp³-hybridized carbons (Fsp3) is 0.806. The maximum atomic E-state index is 6.74. The molecular formula is C62H136O10Si10. The maximum Gasteiger partial charge on any atom is 0.469 e. The Morgan fingerprint density at radius 3 is 0.890 bits per heavy atom. The molecular weight excluding hydrogens is 1190 g/mol. The van der Waals surface area contributed by atoms with Gasteiger partial charge in [-0.05, 0) is 210 Å². The van der Waals surface area contributed by atoms with Crippen molar-refractivity contribution >= 4 is 83.7 Å². The van der Waals surface area contributed by atoms with Crippen LogP contribution < -0.4 is 9.47 Å². The maximum absolute atomic E-state index is 6.74. The lowest BCUT2D eigenvalue weighted by molar-refractivity contribution is -0.0668. The summed E-state index contributed by atoms with van der Waals surface area (Å²) in [6, 6.07) is 20.0. The van der Waals surface area contributed by atoms with E-state index in [2.05, 4.69) is 237 Å². The van der Waals surface area contributed by atoms with Crippen molar-refractivity contribution in [2.24, 2.45) is 11.8 Å². The van der Waals surface area contributed by atoms with Gasteiger partial charge in [-0.3, -0.25) is 0 Å². The van der Waals surface area contributed by atoms with Gasteiger partial charge in [-0.15, -0.1) is 0 Å². The van der Waals surface area contributed by atoms with Gasteiger partial charge in [0.2, 0.25) is 0 Å². The summed E-state index contributed by atoms with van der Waals surface area (Å²) in [5.74, 6) is 4.43. The lowest BCUT2D eigenvalue weighted by atomic mass is 9.99. The predicted molar refractivity (Wildman–Crippen MR) is 385 cm³/mol. The van der Waals surface area contributed by atoms with E-state index in [9.17, 15) is 0 Å². The van der Waals surface area contributed by atoms with Crippen LogP contribution in [0.4, 0.5) is 0 Å². The Morgan fingerprint density at radius 1 is 0.341 bits per heavy atom. The van der Waals surface area contributed by atoms with E-state index in [4.69, 9.17) is 43.6 Å². The molecule has 0 amide bonds. The number of rotatable bonds is 34. The first-order valence-electron chi connectivity index (χ1n) is 31.8. The molecule has 0 fully saturated rings. The van der Waals surface area contributed by atoms with E-state index in [0.717, 1.165) is 61.4 Å². The largest absolute Gasteiger partial charge is 0.469 e. The van der Waals surface area contributed by atoms with Crippen LogP contribution in [-0.2, 0) is 34.2 Å². The van der Waals surface area contributed by atoms with E-state index in [0.29, 0.717) is 24.4 Å². The third kappa shape index (κ3) is 46.1.